The number of carbonyl (C=O) groups is 1. The van der Waals surface area contributed by atoms with Gasteiger partial charge in [0.15, 0.2) is 0 Å². The van der Waals surface area contributed by atoms with E-state index < -0.39 is 0 Å². The number of rotatable bonds is 5. The molecule has 0 unspecified atom stereocenters. The van der Waals surface area contributed by atoms with Gasteiger partial charge in [0, 0.05) is 19.8 Å². The van der Waals surface area contributed by atoms with E-state index in [1.54, 1.807) is 16.8 Å². The highest BCUT2D eigenvalue weighted by Crippen LogP contribution is 2.09. The van der Waals surface area contributed by atoms with E-state index in [1.165, 1.54) is 32.4 Å². The van der Waals surface area contributed by atoms with Gasteiger partial charge in [-0.05, 0) is 45.0 Å². The standard InChI is InChI=1S/C14H24N4O/c1-17-11-12(15)10-13(17)14(19)16-6-5-9-18-7-3-2-4-8-18/h10-11H,2-9,15H2,1H3,(H,16,19). The van der Waals surface area contributed by atoms with Crippen LogP contribution in [0.4, 0.5) is 5.69 Å². The summed E-state index contributed by atoms with van der Waals surface area (Å²) < 4.78 is 1.76. The zero-order valence-electron chi connectivity index (χ0n) is 11.7. The predicted molar refractivity (Wildman–Crippen MR) is 77.1 cm³/mol. The number of anilines is 1. The Bertz CT molecular complexity index is 421. The van der Waals surface area contributed by atoms with Gasteiger partial charge in [-0.3, -0.25) is 4.79 Å². The van der Waals surface area contributed by atoms with E-state index in [0.29, 0.717) is 11.4 Å². The summed E-state index contributed by atoms with van der Waals surface area (Å²) in [6, 6.07) is 1.71. The molecular formula is C14H24N4O. The van der Waals surface area contributed by atoms with Crippen LogP contribution in [-0.4, -0.2) is 41.6 Å². The smallest absolute Gasteiger partial charge is 0.267 e. The van der Waals surface area contributed by atoms with Gasteiger partial charge in [-0.1, -0.05) is 6.42 Å². The third kappa shape index (κ3) is 3.99. The van der Waals surface area contributed by atoms with E-state index in [4.69, 9.17) is 5.73 Å². The number of nitrogen functional groups attached to an aromatic ring is 1. The molecule has 2 rings (SSSR count). The van der Waals surface area contributed by atoms with Crippen LogP contribution in [0.1, 0.15) is 36.2 Å². The lowest BCUT2D eigenvalue weighted by Crippen LogP contribution is -2.33. The Balaban J connectivity index is 1.67. The number of nitrogens with one attached hydrogen (secondary N) is 1. The summed E-state index contributed by atoms with van der Waals surface area (Å²) in [5.41, 5.74) is 6.91. The molecule has 0 radical (unpaired) electrons. The molecule has 5 heteroatoms. The first kappa shape index (κ1) is 13.9. The Hall–Kier alpha value is -1.49. The van der Waals surface area contributed by atoms with Gasteiger partial charge in [0.1, 0.15) is 5.69 Å². The van der Waals surface area contributed by atoms with Crippen LogP contribution in [0.5, 0.6) is 0 Å². The highest BCUT2D eigenvalue weighted by molar-refractivity contribution is 5.93. The maximum absolute atomic E-state index is 11.9. The van der Waals surface area contributed by atoms with E-state index in [1.807, 2.05) is 7.05 Å². The summed E-state index contributed by atoms with van der Waals surface area (Å²) in [5.74, 6) is -0.0437. The van der Waals surface area contributed by atoms with Gasteiger partial charge in [-0.25, -0.2) is 0 Å². The number of hydrogen-bond donors (Lipinski definition) is 2. The number of piperidine rings is 1. The normalized spacial score (nSPS) is 16.5. The Kier molecular flexibility index (Phi) is 4.85. The molecule has 0 bridgehead atoms. The molecule has 1 saturated heterocycles. The van der Waals surface area contributed by atoms with Crippen LogP contribution in [0.15, 0.2) is 12.3 Å². The van der Waals surface area contributed by atoms with Crippen molar-refractivity contribution in [1.29, 1.82) is 0 Å². The van der Waals surface area contributed by atoms with Gasteiger partial charge in [-0.2, -0.15) is 0 Å². The van der Waals surface area contributed by atoms with Gasteiger partial charge in [0.05, 0.1) is 5.69 Å². The van der Waals surface area contributed by atoms with Crippen LogP contribution in [0.25, 0.3) is 0 Å². The Morgan fingerprint density at radius 3 is 2.74 bits per heavy atom. The first-order valence-electron chi connectivity index (χ1n) is 7.09. The number of nitrogens with zero attached hydrogens (tertiary/aromatic N) is 2. The summed E-state index contributed by atoms with van der Waals surface area (Å²) >= 11 is 0. The average Bonchev–Trinajstić information content (AvgIpc) is 2.75. The van der Waals surface area contributed by atoms with Crippen molar-refractivity contribution in [3.8, 4) is 0 Å². The molecule has 3 N–H and O–H groups in total. The van der Waals surface area contributed by atoms with Crippen molar-refractivity contribution in [2.45, 2.75) is 25.7 Å². The molecule has 0 spiro atoms. The summed E-state index contributed by atoms with van der Waals surface area (Å²) in [6.07, 6.45) is 6.75. The molecule has 1 aromatic heterocycles. The lowest BCUT2D eigenvalue weighted by molar-refractivity contribution is 0.0943. The van der Waals surface area contributed by atoms with Crippen LogP contribution in [0.3, 0.4) is 0 Å². The molecule has 1 aromatic rings. The summed E-state index contributed by atoms with van der Waals surface area (Å²) in [4.78, 5) is 14.4. The second-order valence-electron chi connectivity index (χ2n) is 5.28. The van der Waals surface area contributed by atoms with E-state index in [2.05, 4.69) is 10.2 Å². The van der Waals surface area contributed by atoms with Crippen LogP contribution < -0.4 is 11.1 Å². The highest BCUT2D eigenvalue weighted by atomic mass is 16.1. The molecule has 106 valence electrons. The summed E-state index contributed by atoms with van der Waals surface area (Å²) in [6.45, 7) is 4.22. The van der Waals surface area contributed by atoms with E-state index in [-0.39, 0.29) is 5.91 Å². The van der Waals surface area contributed by atoms with Crippen molar-refractivity contribution in [3.05, 3.63) is 18.0 Å². The van der Waals surface area contributed by atoms with E-state index in [0.717, 1.165) is 19.5 Å². The SMILES string of the molecule is Cn1cc(N)cc1C(=O)NCCCN1CCCCC1. The maximum Gasteiger partial charge on any atom is 0.267 e. The lowest BCUT2D eigenvalue weighted by Gasteiger charge is -2.26. The van der Waals surface area contributed by atoms with Gasteiger partial charge in [0.2, 0.25) is 0 Å². The van der Waals surface area contributed by atoms with Gasteiger partial charge < -0.3 is 20.5 Å². The first-order valence-corrected chi connectivity index (χ1v) is 7.09. The number of carbonyl (C=O) groups excluding carboxylic acids is 1. The Labute approximate surface area is 114 Å². The third-order valence-electron chi connectivity index (χ3n) is 3.64. The van der Waals surface area contributed by atoms with Crippen molar-refractivity contribution >= 4 is 11.6 Å². The van der Waals surface area contributed by atoms with Crippen molar-refractivity contribution in [3.63, 3.8) is 0 Å². The zero-order chi connectivity index (χ0) is 13.7. The summed E-state index contributed by atoms with van der Waals surface area (Å²) in [7, 11) is 1.83. The molecular weight excluding hydrogens is 240 g/mol. The number of nitrogens with two attached hydrogens (primary N) is 1. The van der Waals surface area contributed by atoms with Crippen molar-refractivity contribution in [1.82, 2.24) is 14.8 Å². The molecule has 19 heavy (non-hydrogen) atoms. The highest BCUT2D eigenvalue weighted by Gasteiger charge is 2.11. The second-order valence-corrected chi connectivity index (χ2v) is 5.28. The maximum atomic E-state index is 11.9. The molecule has 0 aromatic carbocycles. The fraction of sp³-hybridized carbons (Fsp3) is 0.643. The van der Waals surface area contributed by atoms with Crippen molar-refractivity contribution in [2.24, 2.45) is 7.05 Å². The number of amides is 1. The minimum absolute atomic E-state index is 0.0437. The lowest BCUT2D eigenvalue weighted by atomic mass is 10.1. The minimum atomic E-state index is -0.0437. The van der Waals surface area contributed by atoms with Crippen molar-refractivity contribution < 1.29 is 4.79 Å². The Morgan fingerprint density at radius 1 is 1.37 bits per heavy atom. The largest absolute Gasteiger partial charge is 0.397 e. The van der Waals surface area contributed by atoms with Crippen LogP contribution in [0, 0.1) is 0 Å². The van der Waals surface area contributed by atoms with Crippen LogP contribution >= 0.6 is 0 Å². The molecule has 2 heterocycles. The number of aromatic nitrogens is 1. The fourth-order valence-corrected chi connectivity index (χ4v) is 2.59. The second kappa shape index (κ2) is 6.61. The molecule has 0 atom stereocenters. The van der Waals surface area contributed by atoms with Crippen LogP contribution in [0.2, 0.25) is 0 Å². The molecule has 1 amide bonds. The van der Waals surface area contributed by atoms with E-state index >= 15 is 0 Å². The number of hydrogen-bond acceptors (Lipinski definition) is 3. The first-order chi connectivity index (χ1) is 9.16. The van der Waals surface area contributed by atoms with Gasteiger partial charge in [0.25, 0.3) is 5.91 Å². The van der Waals surface area contributed by atoms with E-state index in [9.17, 15) is 4.79 Å². The monoisotopic (exact) mass is 264 g/mol. The fourth-order valence-electron chi connectivity index (χ4n) is 2.59. The molecule has 5 nitrogen and oxygen atoms in total. The zero-order valence-corrected chi connectivity index (χ0v) is 11.7. The summed E-state index contributed by atoms with van der Waals surface area (Å²) in [5, 5.41) is 2.95. The molecule has 1 aliphatic rings. The predicted octanol–water partition coefficient (Wildman–Crippen LogP) is 1.21. The number of aryl methyl sites for hydroxylation is 1. The molecule has 1 aliphatic heterocycles. The topological polar surface area (TPSA) is 63.3 Å². The average molecular weight is 264 g/mol. The molecule has 0 aliphatic carbocycles. The van der Waals surface area contributed by atoms with Crippen molar-refractivity contribution in [2.75, 3.05) is 31.9 Å². The minimum Gasteiger partial charge on any atom is -0.397 e. The molecule has 0 saturated carbocycles. The number of likely N-dealkylation sites (tertiary alicyclic amines) is 1. The van der Waals surface area contributed by atoms with Gasteiger partial charge in [-0.15, -0.1) is 0 Å². The van der Waals surface area contributed by atoms with Crippen LogP contribution in [-0.2, 0) is 7.05 Å². The third-order valence-corrected chi connectivity index (χ3v) is 3.64. The quantitative estimate of drug-likeness (QED) is 0.786. The van der Waals surface area contributed by atoms with Gasteiger partial charge >= 0.3 is 0 Å². The molecule has 1 fully saturated rings. The Morgan fingerprint density at radius 2 is 2.11 bits per heavy atom.